The molecule has 3 aromatic carbocycles. The van der Waals surface area contributed by atoms with Crippen LogP contribution in [0.25, 0.3) is 0 Å². The van der Waals surface area contributed by atoms with Crippen LogP contribution in [0.1, 0.15) is 33.1 Å². The Hall–Kier alpha value is -2.12. The number of benzene rings is 3. The van der Waals surface area contributed by atoms with Gasteiger partial charge in [-0.15, -0.1) is 0 Å². The zero-order valence-corrected chi connectivity index (χ0v) is 16.4. The Morgan fingerprint density at radius 2 is 0.960 bits per heavy atom. The molecule has 0 amide bonds. The van der Waals surface area contributed by atoms with Crippen LogP contribution < -0.4 is 15.6 Å². The van der Waals surface area contributed by atoms with Crippen molar-refractivity contribution in [1.82, 2.24) is 0 Å². The molecule has 0 N–H and O–H groups in total. The summed E-state index contributed by atoms with van der Waals surface area (Å²) in [4.78, 5) is 0. The number of rotatable bonds is 7. The lowest BCUT2D eigenvalue weighted by Crippen LogP contribution is -2.69. The molecule has 1 atom stereocenters. The lowest BCUT2D eigenvalue weighted by molar-refractivity contribution is 0.685. The van der Waals surface area contributed by atoms with Gasteiger partial charge in [0.2, 0.25) is 0 Å². The number of hydrogen-bond acceptors (Lipinski definition) is 0. The summed E-state index contributed by atoms with van der Waals surface area (Å²) in [5.74, 6) is 0. The minimum absolute atomic E-state index is 0.699. The van der Waals surface area contributed by atoms with E-state index >= 15 is 0 Å². The van der Waals surface area contributed by atoms with Crippen LogP contribution in [-0.2, 0) is 0 Å². The van der Waals surface area contributed by atoms with E-state index in [-0.39, 0.29) is 0 Å². The third-order valence-electron chi connectivity index (χ3n) is 5.43. The molecular weight excluding hydrogens is 316 g/mol. The molecule has 0 aliphatic heterocycles. The Kier molecular flexibility index (Phi) is 5.88. The summed E-state index contributed by atoms with van der Waals surface area (Å²) in [5, 5.41) is 4.60. The van der Waals surface area contributed by atoms with Crippen molar-refractivity contribution < 1.29 is 0 Å². The van der Waals surface area contributed by atoms with Gasteiger partial charge in [0.15, 0.2) is 8.07 Å². The van der Waals surface area contributed by atoms with E-state index < -0.39 is 8.07 Å². The van der Waals surface area contributed by atoms with Crippen LogP contribution in [-0.4, -0.2) is 8.07 Å². The van der Waals surface area contributed by atoms with Gasteiger partial charge in [0.1, 0.15) is 0 Å². The van der Waals surface area contributed by atoms with E-state index in [0.717, 1.165) is 0 Å². The monoisotopic (exact) mass is 344 g/mol. The van der Waals surface area contributed by atoms with Crippen LogP contribution in [0, 0.1) is 0 Å². The van der Waals surface area contributed by atoms with Crippen molar-refractivity contribution in [3.05, 3.63) is 91.0 Å². The molecule has 0 spiro atoms. The molecule has 0 bridgehead atoms. The molecule has 0 radical (unpaired) electrons. The Bertz CT molecular complexity index is 653. The average molecular weight is 345 g/mol. The molecule has 1 heteroatoms. The average Bonchev–Trinajstić information content (AvgIpc) is 2.70. The fourth-order valence-corrected chi connectivity index (χ4v) is 10.3. The lowest BCUT2D eigenvalue weighted by Gasteiger charge is -2.40. The zero-order valence-electron chi connectivity index (χ0n) is 15.4. The van der Waals surface area contributed by atoms with Gasteiger partial charge in [-0.05, 0) is 21.1 Å². The molecule has 3 aromatic rings. The van der Waals surface area contributed by atoms with Gasteiger partial charge in [-0.2, -0.15) is 0 Å². The van der Waals surface area contributed by atoms with Gasteiger partial charge in [-0.1, -0.05) is 124 Å². The van der Waals surface area contributed by atoms with Gasteiger partial charge in [-0.25, -0.2) is 0 Å². The maximum Gasteiger partial charge on any atom is 0.151 e. The predicted molar refractivity (Wildman–Crippen MR) is 113 cm³/mol. The van der Waals surface area contributed by atoms with E-state index in [2.05, 4.69) is 105 Å². The van der Waals surface area contributed by atoms with E-state index in [0.29, 0.717) is 5.54 Å². The SMILES string of the molecule is CCCC(CC)[Si](c1ccccc1)(c1ccccc1)c1ccccc1. The molecule has 0 heterocycles. The van der Waals surface area contributed by atoms with E-state index in [4.69, 9.17) is 0 Å². The topological polar surface area (TPSA) is 0 Å². The minimum atomic E-state index is -2.07. The molecule has 0 aliphatic carbocycles. The molecule has 0 fully saturated rings. The molecule has 1 unspecified atom stereocenters. The van der Waals surface area contributed by atoms with Gasteiger partial charge < -0.3 is 0 Å². The van der Waals surface area contributed by atoms with Crippen molar-refractivity contribution >= 4 is 23.6 Å². The third-order valence-corrected chi connectivity index (χ3v) is 11.1. The van der Waals surface area contributed by atoms with Crippen LogP contribution >= 0.6 is 0 Å². The molecule has 0 saturated heterocycles. The Labute approximate surface area is 153 Å². The van der Waals surface area contributed by atoms with E-state index in [9.17, 15) is 0 Å². The normalized spacial score (nSPS) is 12.7. The summed E-state index contributed by atoms with van der Waals surface area (Å²) in [6, 6.07) is 33.9. The van der Waals surface area contributed by atoms with Crippen molar-refractivity contribution in [3.63, 3.8) is 0 Å². The molecule has 0 aromatic heterocycles. The second-order valence-corrected chi connectivity index (χ2v) is 11.0. The second-order valence-electron chi connectivity index (χ2n) is 6.80. The van der Waals surface area contributed by atoms with Crippen LogP contribution in [0.5, 0.6) is 0 Å². The van der Waals surface area contributed by atoms with Crippen molar-refractivity contribution in [3.8, 4) is 0 Å². The maximum atomic E-state index is 2.37. The van der Waals surface area contributed by atoms with E-state index in [1.165, 1.54) is 34.8 Å². The summed E-state index contributed by atoms with van der Waals surface area (Å²) in [6.07, 6.45) is 3.74. The highest BCUT2D eigenvalue weighted by Crippen LogP contribution is 2.30. The molecule has 0 saturated carbocycles. The largest absolute Gasteiger partial charge is 0.151 e. The van der Waals surface area contributed by atoms with Gasteiger partial charge in [0.05, 0.1) is 0 Å². The van der Waals surface area contributed by atoms with Crippen LogP contribution in [0.15, 0.2) is 91.0 Å². The quantitative estimate of drug-likeness (QED) is 0.429. The molecule has 0 nitrogen and oxygen atoms in total. The molecule has 25 heavy (non-hydrogen) atoms. The van der Waals surface area contributed by atoms with Gasteiger partial charge in [0, 0.05) is 0 Å². The van der Waals surface area contributed by atoms with Crippen molar-refractivity contribution in [2.45, 2.75) is 38.7 Å². The summed E-state index contributed by atoms with van der Waals surface area (Å²) in [5.41, 5.74) is 0.699. The smallest absolute Gasteiger partial charge is 0.0654 e. The second kappa shape index (κ2) is 8.31. The molecule has 3 rings (SSSR count). The zero-order chi connectivity index (χ0) is 17.5. The fourth-order valence-electron chi connectivity index (χ4n) is 4.39. The first kappa shape index (κ1) is 17.7. The van der Waals surface area contributed by atoms with Gasteiger partial charge in [0.25, 0.3) is 0 Å². The standard InChI is InChI=1S/C24H28Si/c1-3-14-21(4-2)25(22-15-8-5-9-16-22,23-17-10-6-11-18-23)24-19-12-7-13-20-24/h5-13,15-21H,3-4,14H2,1-2H3. The maximum absolute atomic E-state index is 2.37. The highest BCUT2D eigenvalue weighted by Gasteiger charge is 2.44. The highest BCUT2D eigenvalue weighted by atomic mass is 28.3. The predicted octanol–water partition coefficient (Wildman–Crippen LogP) is 4.74. The molecule has 0 aliphatic rings. The first-order valence-corrected chi connectivity index (χ1v) is 11.6. The van der Waals surface area contributed by atoms with E-state index in [1.807, 2.05) is 0 Å². The van der Waals surface area contributed by atoms with Crippen molar-refractivity contribution in [2.24, 2.45) is 0 Å². The first-order chi connectivity index (χ1) is 12.3. The van der Waals surface area contributed by atoms with Crippen LogP contribution in [0.2, 0.25) is 5.54 Å². The highest BCUT2D eigenvalue weighted by molar-refractivity contribution is 7.12. The third kappa shape index (κ3) is 3.34. The minimum Gasteiger partial charge on any atom is -0.0654 e. The summed E-state index contributed by atoms with van der Waals surface area (Å²) in [6.45, 7) is 4.69. The van der Waals surface area contributed by atoms with E-state index in [1.54, 1.807) is 0 Å². The molecule has 128 valence electrons. The lowest BCUT2D eigenvalue weighted by atomic mass is 10.2. The Morgan fingerprint density at radius 1 is 0.600 bits per heavy atom. The van der Waals surface area contributed by atoms with Crippen molar-refractivity contribution in [2.75, 3.05) is 0 Å². The van der Waals surface area contributed by atoms with Gasteiger partial charge >= 0.3 is 0 Å². The van der Waals surface area contributed by atoms with Gasteiger partial charge in [-0.3, -0.25) is 0 Å². The first-order valence-electron chi connectivity index (χ1n) is 9.50. The molecular formula is C24H28Si. The van der Waals surface area contributed by atoms with Crippen LogP contribution in [0.4, 0.5) is 0 Å². The Morgan fingerprint density at radius 3 is 1.24 bits per heavy atom. The Balaban J connectivity index is 2.35. The van der Waals surface area contributed by atoms with Crippen LogP contribution in [0.3, 0.4) is 0 Å². The fraction of sp³-hybridized carbons (Fsp3) is 0.250. The summed E-state index contributed by atoms with van der Waals surface area (Å²) >= 11 is 0. The summed E-state index contributed by atoms with van der Waals surface area (Å²) in [7, 11) is -2.07. The number of hydrogen-bond donors (Lipinski definition) is 0. The van der Waals surface area contributed by atoms with Crippen molar-refractivity contribution in [1.29, 1.82) is 0 Å². The summed E-state index contributed by atoms with van der Waals surface area (Å²) < 4.78 is 0.